The topological polar surface area (TPSA) is 112 Å². The minimum atomic E-state index is -3.13. The standard InChI is InChI=1S/C25H23F2N7O2/c1-25(2,28)23-29-9-12(10-30-23)15-8-16-20-14-7-17(21(20)32-34(16)11-31-15)33(3)22(35)13-5-4-6-18(19(13)14)36-24(26)27/h4-6,8-11,14,17,24H,7,28H2,1-3H3/t14-,17-/m1/s1/i3D3. The van der Waals surface area contributed by atoms with Gasteiger partial charge < -0.3 is 15.4 Å². The number of benzene rings is 1. The second-order valence-corrected chi connectivity index (χ2v) is 9.50. The highest BCUT2D eigenvalue weighted by Gasteiger charge is 2.46. The number of nitrogens with two attached hydrogens (primary N) is 1. The molecule has 6 rings (SSSR count). The first kappa shape index (κ1) is 19.2. The van der Waals surface area contributed by atoms with Crippen LogP contribution in [0.3, 0.4) is 0 Å². The van der Waals surface area contributed by atoms with Crippen LogP contribution in [0.5, 0.6) is 5.75 Å². The summed E-state index contributed by atoms with van der Waals surface area (Å²) < 4.78 is 57.4. The summed E-state index contributed by atoms with van der Waals surface area (Å²) in [7, 11) is 0. The fraction of sp³-hybridized carbons (Fsp3) is 0.320. The maximum Gasteiger partial charge on any atom is 0.387 e. The number of carbonyl (C=O) groups excluding carboxylic acids is 1. The third kappa shape index (κ3) is 3.34. The zero-order valence-electron chi connectivity index (χ0n) is 22.3. The van der Waals surface area contributed by atoms with Crippen molar-refractivity contribution < 1.29 is 22.4 Å². The van der Waals surface area contributed by atoms with Gasteiger partial charge in [-0.05, 0) is 38.5 Å². The molecule has 11 heteroatoms. The number of hydrogen-bond acceptors (Lipinski definition) is 7. The molecule has 0 fully saturated rings. The van der Waals surface area contributed by atoms with Crippen LogP contribution in [0.1, 0.15) is 69.3 Å². The molecule has 1 aromatic carbocycles. The molecule has 0 unspecified atom stereocenters. The van der Waals surface area contributed by atoms with E-state index >= 15 is 0 Å². The lowest BCUT2D eigenvalue weighted by atomic mass is 9.88. The molecule has 0 spiro atoms. The molecule has 3 aromatic heterocycles. The Morgan fingerprint density at radius 2 is 2.00 bits per heavy atom. The van der Waals surface area contributed by atoms with Crippen molar-refractivity contribution in [1.82, 2.24) is 29.5 Å². The summed E-state index contributed by atoms with van der Waals surface area (Å²) in [5, 5.41) is 4.59. The molecule has 4 aromatic rings. The number of alkyl halides is 2. The Morgan fingerprint density at radius 1 is 1.22 bits per heavy atom. The monoisotopic (exact) mass is 494 g/mol. The minimum Gasteiger partial charge on any atom is -0.434 e. The van der Waals surface area contributed by atoms with Crippen LogP contribution in [0.2, 0.25) is 0 Å². The van der Waals surface area contributed by atoms with Crippen LogP contribution in [0.4, 0.5) is 8.78 Å². The molecule has 184 valence electrons. The van der Waals surface area contributed by atoms with Crippen molar-refractivity contribution in [3.05, 3.63) is 71.2 Å². The molecule has 2 atom stereocenters. The van der Waals surface area contributed by atoms with Crippen molar-refractivity contribution in [2.45, 2.75) is 44.4 Å². The van der Waals surface area contributed by atoms with Crippen molar-refractivity contribution >= 4 is 11.4 Å². The van der Waals surface area contributed by atoms with E-state index in [9.17, 15) is 13.6 Å². The van der Waals surface area contributed by atoms with E-state index in [1.165, 1.54) is 29.0 Å². The molecule has 2 bridgehead atoms. The highest BCUT2D eigenvalue weighted by Crippen LogP contribution is 2.53. The molecule has 1 aliphatic heterocycles. The number of amides is 1. The van der Waals surface area contributed by atoms with Crippen molar-refractivity contribution in [2.24, 2.45) is 5.73 Å². The highest BCUT2D eigenvalue weighted by molar-refractivity contribution is 5.98. The van der Waals surface area contributed by atoms with Crippen molar-refractivity contribution in [2.75, 3.05) is 6.98 Å². The number of rotatable bonds is 4. The Balaban J connectivity index is 1.56. The van der Waals surface area contributed by atoms with E-state index < -0.39 is 37.0 Å². The first-order valence-electron chi connectivity index (χ1n) is 12.8. The van der Waals surface area contributed by atoms with Crippen LogP contribution in [0.15, 0.2) is 43.0 Å². The first-order valence-corrected chi connectivity index (χ1v) is 11.3. The number of carbonyl (C=O) groups is 1. The van der Waals surface area contributed by atoms with E-state index in [1.54, 1.807) is 32.3 Å². The fourth-order valence-electron chi connectivity index (χ4n) is 5.05. The van der Waals surface area contributed by atoms with Gasteiger partial charge in [0.2, 0.25) is 0 Å². The van der Waals surface area contributed by atoms with Gasteiger partial charge in [-0.3, -0.25) is 4.79 Å². The third-order valence-corrected chi connectivity index (χ3v) is 6.63. The summed E-state index contributed by atoms with van der Waals surface area (Å²) in [5.41, 5.74) is 8.29. The number of nitrogens with zero attached hydrogens (tertiary/aromatic N) is 6. The van der Waals surface area contributed by atoms with E-state index in [1.807, 2.05) is 0 Å². The lowest BCUT2D eigenvalue weighted by Crippen LogP contribution is -2.31. The predicted molar refractivity (Wildman–Crippen MR) is 126 cm³/mol. The Labute approximate surface area is 209 Å². The molecule has 36 heavy (non-hydrogen) atoms. The van der Waals surface area contributed by atoms with Gasteiger partial charge in [-0.25, -0.2) is 19.5 Å². The van der Waals surface area contributed by atoms with Gasteiger partial charge in [0, 0.05) is 51.7 Å². The summed E-state index contributed by atoms with van der Waals surface area (Å²) in [6.45, 7) is -2.35. The van der Waals surface area contributed by atoms with Gasteiger partial charge in [0.25, 0.3) is 5.91 Å². The van der Waals surface area contributed by atoms with Crippen LogP contribution in [0.25, 0.3) is 16.8 Å². The summed E-state index contributed by atoms with van der Waals surface area (Å²) in [4.78, 5) is 27.5. The largest absolute Gasteiger partial charge is 0.434 e. The summed E-state index contributed by atoms with van der Waals surface area (Å²) >= 11 is 0. The molecule has 2 aliphatic rings. The summed E-state index contributed by atoms with van der Waals surface area (Å²) in [5.74, 6) is -1.14. The van der Waals surface area contributed by atoms with Gasteiger partial charge in [-0.1, -0.05) is 6.07 Å². The third-order valence-electron chi connectivity index (χ3n) is 6.63. The SMILES string of the molecule is [2H]C([2H])([2H])N1C(=O)c2cccc(OC(F)F)c2[C@H]2C[C@@H]1c1nn3cnc(-c4cnc(C(C)(C)N)nc4)cc3c12. The van der Waals surface area contributed by atoms with E-state index in [0.717, 1.165) is 4.90 Å². The number of fused-ring (bicyclic) bond motifs is 9. The second kappa shape index (κ2) is 7.76. The molecule has 9 nitrogen and oxygen atoms in total. The zero-order chi connectivity index (χ0) is 27.9. The van der Waals surface area contributed by atoms with Crippen LogP contribution in [0, 0.1) is 0 Å². The molecule has 1 aliphatic carbocycles. The number of halogens is 2. The fourth-order valence-corrected chi connectivity index (χ4v) is 5.05. The lowest BCUT2D eigenvalue weighted by molar-refractivity contribution is -0.0505. The van der Waals surface area contributed by atoms with Crippen LogP contribution < -0.4 is 10.5 Å². The van der Waals surface area contributed by atoms with Gasteiger partial charge in [0.05, 0.1) is 28.5 Å². The molecule has 0 saturated carbocycles. The maximum atomic E-state index is 13.5. The quantitative estimate of drug-likeness (QED) is 0.461. The Morgan fingerprint density at radius 3 is 2.69 bits per heavy atom. The number of aromatic nitrogens is 5. The predicted octanol–water partition coefficient (Wildman–Crippen LogP) is 3.64. The molecule has 1 amide bonds. The smallest absolute Gasteiger partial charge is 0.387 e. The van der Waals surface area contributed by atoms with Gasteiger partial charge in [0.15, 0.2) is 0 Å². The van der Waals surface area contributed by atoms with Gasteiger partial charge >= 0.3 is 6.61 Å². The highest BCUT2D eigenvalue weighted by atomic mass is 19.3. The average Bonchev–Trinajstić information content (AvgIpc) is 3.35. The molecular formula is C25H23F2N7O2. The average molecular weight is 495 g/mol. The summed E-state index contributed by atoms with van der Waals surface area (Å²) in [6.07, 6.45) is 4.83. The van der Waals surface area contributed by atoms with Crippen LogP contribution in [-0.2, 0) is 5.54 Å². The minimum absolute atomic E-state index is 0.00411. The molecule has 0 radical (unpaired) electrons. The molecule has 0 saturated heterocycles. The van der Waals surface area contributed by atoms with Gasteiger partial charge in [-0.2, -0.15) is 13.9 Å². The van der Waals surface area contributed by atoms with Crippen molar-refractivity contribution in [3.8, 4) is 17.0 Å². The molecular weight excluding hydrogens is 468 g/mol. The second-order valence-electron chi connectivity index (χ2n) is 9.50. The van der Waals surface area contributed by atoms with Crippen LogP contribution in [-0.4, -0.2) is 49.0 Å². The van der Waals surface area contributed by atoms with E-state index in [4.69, 9.17) is 14.6 Å². The lowest BCUT2D eigenvalue weighted by Gasteiger charge is -2.23. The van der Waals surface area contributed by atoms with Gasteiger partial charge in [0.1, 0.15) is 17.9 Å². The van der Waals surface area contributed by atoms with E-state index in [-0.39, 0.29) is 23.3 Å². The van der Waals surface area contributed by atoms with Crippen molar-refractivity contribution in [1.29, 1.82) is 0 Å². The Hall–Kier alpha value is -3.99. The van der Waals surface area contributed by atoms with Gasteiger partial charge in [-0.15, -0.1) is 0 Å². The number of ether oxygens (including phenoxy) is 1. The van der Waals surface area contributed by atoms with Crippen molar-refractivity contribution in [3.63, 3.8) is 0 Å². The van der Waals surface area contributed by atoms with E-state index in [0.29, 0.717) is 33.9 Å². The molecule has 2 N–H and O–H groups in total. The first-order chi connectivity index (χ1) is 18.3. The Bertz CT molecular complexity index is 1620. The molecule has 4 heterocycles. The van der Waals surface area contributed by atoms with Crippen LogP contribution >= 0.6 is 0 Å². The normalized spacial score (nSPS) is 20.6. The Kier molecular flexibility index (Phi) is 4.14. The zero-order valence-corrected chi connectivity index (χ0v) is 19.3. The maximum absolute atomic E-state index is 13.5. The number of hydrogen-bond donors (Lipinski definition) is 1. The van der Waals surface area contributed by atoms with E-state index in [2.05, 4.69) is 20.1 Å². The summed E-state index contributed by atoms with van der Waals surface area (Å²) in [6, 6.07) is 5.04.